The number of aryl methyl sites for hydroxylation is 2. The Morgan fingerprint density at radius 2 is 1.90 bits per heavy atom. The third kappa shape index (κ3) is 7.62. The van der Waals surface area contributed by atoms with E-state index in [0.29, 0.717) is 40.6 Å². The third-order valence-electron chi connectivity index (χ3n) is 6.22. The second-order valence-corrected chi connectivity index (χ2v) is 9.55. The fraction of sp³-hybridized carbons (Fsp3) is 0.333. The van der Waals surface area contributed by atoms with E-state index in [2.05, 4.69) is 22.0 Å². The fourth-order valence-corrected chi connectivity index (χ4v) is 3.82. The second-order valence-electron chi connectivity index (χ2n) is 9.55. The van der Waals surface area contributed by atoms with Crippen LogP contribution in [0.2, 0.25) is 0 Å². The summed E-state index contributed by atoms with van der Waals surface area (Å²) in [4.78, 5) is 21.6. The Bertz CT molecular complexity index is 1370. The summed E-state index contributed by atoms with van der Waals surface area (Å²) >= 11 is 0. The highest BCUT2D eigenvalue weighted by Crippen LogP contribution is 2.27. The summed E-state index contributed by atoms with van der Waals surface area (Å²) in [7, 11) is 7.63. The van der Waals surface area contributed by atoms with E-state index in [-0.39, 0.29) is 17.9 Å². The van der Waals surface area contributed by atoms with Gasteiger partial charge in [-0.3, -0.25) is 14.5 Å². The standard InChI is InChI=1S/C27H36FN9O2/c1-17-26(37(30)16-25(29)24-15-32-36(7)18(24)2)12-21(14-31-17)33-27(38)20-10-22(35(6)9-8-34(4)5)13-23(11-20)39-19(3)28/h10-15,29H,3,8-9,16,30H2,1-2,4-7H3,(H,33,38). The Labute approximate surface area is 228 Å². The van der Waals surface area contributed by atoms with Crippen LogP contribution in [0.15, 0.2) is 49.3 Å². The first-order valence-electron chi connectivity index (χ1n) is 12.3. The lowest BCUT2D eigenvalue weighted by atomic mass is 10.1. The van der Waals surface area contributed by atoms with E-state index in [4.69, 9.17) is 16.0 Å². The van der Waals surface area contributed by atoms with Crippen LogP contribution in [0.5, 0.6) is 5.75 Å². The van der Waals surface area contributed by atoms with Crippen LogP contribution in [-0.4, -0.2) is 72.1 Å². The van der Waals surface area contributed by atoms with Crippen molar-refractivity contribution in [1.29, 1.82) is 5.41 Å². The average molecular weight is 538 g/mol. The van der Waals surface area contributed by atoms with E-state index in [1.165, 1.54) is 17.3 Å². The highest BCUT2D eigenvalue weighted by atomic mass is 19.1. The van der Waals surface area contributed by atoms with Crippen molar-refractivity contribution in [3.05, 3.63) is 71.8 Å². The molecule has 1 amide bonds. The fourth-order valence-electron chi connectivity index (χ4n) is 3.82. The zero-order valence-electron chi connectivity index (χ0n) is 23.2. The Kier molecular flexibility index (Phi) is 9.38. The molecule has 1 aromatic carbocycles. The number of rotatable bonds is 12. The summed E-state index contributed by atoms with van der Waals surface area (Å²) in [5, 5.41) is 16.9. The number of nitrogens with one attached hydrogen (secondary N) is 2. The Morgan fingerprint density at radius 1 is 1.18 bits per heavy atom. The minimum atomic E-state index is -0.975. The van der Waals surface area contributed by atoms with Gasteiger partial charge in [0.2, 0.25) is 0 Å². The minimum Gasteiger partial charge on any atom is -0.432 e. The molecule has 0 aliphatic carbocycles. The van der Waals surface area contributed by atoms with Gasteiger partial charge in [-0.2, -0.15) is 9.49 Å². The van der Waals surface area contributed by atoms with Crippen molar-refractivity contribution in [3.63, 3.8) is 0 Å². The molecule has 0 bridgehead atoms. The van der Waals surface area contributed by atoms with Gasteiger partial charge in [0.15, 0.2) is 0 Å². The maximum atomic E-state index is 13.5. The zero-order chi connectivity index (χ0) is 28.9. The van der Waals surface area contributed by atoms with Gasteiger partial charge < -0.3 is 30.3 Å². The monoisotopic (exact) mass is 537 g/mol. The molecule has 0 unspecified atom stereocenters. The van der Waals surface area contributed by atoms with Crippen molar-refractivity contribution in [3.8, 4) is 5.75 Å². The number of carbonyl (C=O) groups excluding carboxylic acids is 1. The summed E-state index contributed by atoms with van der Waals surface area (Å²) in [5.41, 5.74) is 4.40. The van der Waals surface area contributed by atoms with Crippen molar-refractivity contribution in [2.45, 2.75) is 13.8 Å². The SMILES string of the molecule is C=C(F)Oc1cc(C(=O)Nc2cnc(C)c(N(N)CC(=N)c3cnn(C)c3C)c2)cc(N(C)CCN(C)C)c1. The van der Waals surface area contributed by atoms with Gasteiger partial charge in [0, 0.05) is 55.8 Å². The van der Waals surface area contributed by atoms with Crippen LogP contribution in [-0.2, 0) is 7.05 Å². The van der Waals surface area contributed by atoms with Gasteiger partial charge in [-0.1, -0.05) is 0 Å². The molecule has 0 radical (unpaired) electrons. The van der Waals surface area contributed by atoms with Crippen molar-refractivity contribution >= 4 is 28.7 Å². The molecule has 0 spiro atoms. The normalized spacial score (nSPS) is 10.9. The van der Waals surface area contributed by atoms with Crippen LogP contribution in [0.4, 0.5) is 21.5 Å². The van der Waals surface area contributed by atoms with Crippen molar-refractivity contribution in [2.75, 3.05) is 56.0 Å². The molecular formula is C27H36FN9O2. The summed E-state index contributed by atoms with van der Waals surface area (Å²) < 4.78 is 20.2. The lowest BCUT2D eigenvalue weighted by Crippen LogP contribution is -2.37. The number of amides is 1. The first-order valence-corrected chi connectivity index (χ1v) is 12.3. The number of ether oxygens (including phenoxy) is 1. The quantitative estimate of drug-likeness (QED) is 0.139. The molecule has 3 aromatic rings. The molecule has 0 aliphatic rings. The second kappa shape index (κ2) is 12.5. The number of nitrogens with two attached hydrogens (primary N) is 1. The molecule has 2 heterocycles. The van der Waals surface area contributed by atoms with Crippen LogP contribution in [0.25, 0.3) is 0 Å². The lowest BCUT2D eigenvalue weighted by molar-refractivity contribution is 0.102. The smallest absolute Gasteiger partial charge is 0.270 e. The Morgan fingerprint density at radius 3 is 2.51 bits per heavy atom. The molecule has 4 N–H and O–H groups in total. The summed E-state index contributed by atoms with van der Waals surface area (Å²) in [6.45, 7) is 8.40. The number of anilines is 3. The van der Waals surface area contributed by atoms with Gasteiger partial charge in [-0.25, -0.2) is 5.84 Å². The number of hydrazine groups is 1. The van der Waals surface area contributed by atoms with E-state index in [0.717, 1.165) is 12.2 Å². The number of benzene rings is 1. The molecule has 12 heteroatoms. The Hall–Kier alpha value is -4.29. The zero-order valence-corrected chi connectivity index (χ0v) is 23.2. The summed E-state index contributed by atoms with van der Waals surface area (Å²) in [5.74, 6) is 6.03. The number of likely N-dealkylation sites (N-methyl/N-ethyl adjacent to an activating group) is 2. The molecule has 0 aliphatic heterocycles. The van der Waals surface area contributed by atoms with Crippen LogP contribution >= 0.6 is 0 Å². The molecule has 0 atom stereocenters. The number of hydrogen-bond donors (Lipinski definition) is 3. The molecule has 39 heavy (non-hydrogen) atoms. The van der Waals surface area contributed by atoms with Gasteiger partial charge in [-0.15, -0.1) is 0 Å². The van der Waals surface area contributed by atoms with Crippen molar-refractivity contribution in [2.24, 2.45) is 12.9 Å². The molecular weight excluding hydrogens is 501 g/mol. The largest absolute Gasteiger partial charge is 0.432 e. The predicted octanol–water partition coefficient (Wildman–Crippen LogP) is 3.25. The van der Waals surface area contributed by atoms with Gasteiger partial charge in [0.1, 0.15) is 5.75 Å². The van der Waals surface area contributed by atoms with Crippen molar-refractivity contribution in [1.82, 2.24) is 19.7 Å². The van der Waals surface area contributed by atoms with E-state index >= 15 is 0 Å². The highest BCUT2D eigenvalue weighted by Gasteiger charge is 2.17. The topological polar surface area (TPSA) is 129 Å². The average Bonchev–Trinajstić information content (AvgIpc) is 3.20. The van der Waals surface area contributed by atoms with E-state index in [9.17, 15) is 9.18 Å². The number of aromatic nitrogens is 3. The molecule has 0 saturated carbocycles. The van der Waals surface area contributed by atoms with Gasteiger partial charge in [-0.05, 0) is 52.7 Å². The number of halogens is 1. The highest BCUT2D eigenvalue weighted by molar-refractivity contribution is 6.05. The van der Waals surface area contributed by atoms with E-state index in [1.807, 2.05) is 44.9 Å². The maximum absolute atomic E-state index is 13.5. The minimum absolute atomic E-state index is 0.113. The number of hydrogen-bond acceptors (Lipinski definition) is 9. The van der Waals surface area contributed by atoms with E-state index < -0.39 is 11.9 Å². The molecule has 2 aromatic heterocycles. The van der Waals surface area contributed by atoms with Crippen LogP contribution in [0.3, 0.4) is 0 Å². The molecule has 208 valence electrons. The number of nitrogens with zero attached hydrogens (tertiary/aromatic N) is 6. The number of pyridine rings is 1. The predicted molar refractivity (Wildman–Crippen MR) is 152 cm³/mol. The molecule has 0 fully saturated rings. The third-order valence-corrected chi connectivity index (χ3v) is 6.22. The van der Waals surface area contributed by atoms with Crippen LogP contribution in [0, 0.1) is 19.3 Å². The van der Waals surface area contributed by atoms with Crippen LogP contribution < -0.4 is 25.8 Å². The lowest BCUT2D eigenvalue weighted by Gasteiger charge is -2.23. The maximum Gasteiger partial charge on any atom is 0.270 e. The molecule has 0 saturated heterocycles. The molecule has 11 nitrogen and oxygen atoms in total. The van der Waals surface area contributed by atoms with E-state index in [1.54, 1.807) is 36.0 Å². The van der Waals surface area contributed by atoms with Crippen molar-refractivity contribution < 1.29 is 13.9 Å². The van der Waals surface area contributed by atoms with Crippen LogP contribution in [0.1, 0.15) is 27.3 Å². The summed E-state index contributed by atoms with van der Waals surface area (Å²) in [6, 6.07) is 5.51. The first-order chi connectivity index (χ1) is 18.3. The Balaban J connectivity index is 1.82. The number of carbonyl (C=O) groups is 1. The van der Waals surface area contributed by atoms with Gasteiger partial charge >= 0.3 is 0 Å². The molecule has 3 rings (SSSR count). The van der Waals surface area contributed by atoms with Gasteiger partial charge in [0.05, 0.1) is 41.7 Å². The summed E-state index contributed by atoms with van der Waals surface area (Å²) in [6.07, 6.45) is 3.16. The van der Waals surface area contributed by atoms with Gasteiger partial charge in [0.25, 0.3) is 11.9 Å². The first kappa shape index (κ1) is 29.3.